The quantitative estimate of drug-likeness (QED) is 0.340. The largest absolute Gasteiger partial charge is 0.397 e. The van der Waals surface area contributed by atoms with Crippen LogP contribution in [0.1, 0.15) is 92.4 Å². The molecule has 0 aliphatic heterocycles. The summed E-state index contributed by atoms with van der Waals surface area (Å²) in [7, 11) is -4.52. The molecule has 35 heavy (non-hydrogen) atoms. The molecule has 8 heteroatoms. The van der Waals surface area contributed by atoms with Gasteiger partial charge in [-0.2, -0.15) is 8.42 Å². The van der Waals surface area contributed by atoms with Crippen LogP contribution in [0.5, 0.6) is 0 Å². The van der Waals surface area contributed by atoms with Gasteiger partial charge in [0.2, 0.25) is 0 Å². The molecule has 0 aromatic carbocycles. The van der Waals surface area contributed by atoms with E-state index in [1.54, 1.807) is 0 Å². The lowest BCUT2D eigenvalue weighted by Gasteiger charge is -2.58. The summed E-state index contributed by atoms with van der Waals surface area (Å²) in [6.45, 7) is 10.3. The van der Waals surface area contributed by atoms with Gasteiger partial charge in [0, 0.05) is 12.8 Å². The Kier molecular flexibility index (Phi) is 7.15. The average Bonchev–Trinajstić information content (AvgIpc) is 3.05. The van der Waals surface area contributed by atoms with Gasteiger partial charge >= 0.3 is 10.4 Å². The topological polar surface area (TPSA) is 121 Å². The van der Waals surface area contributed by atoms with Crippen molar-refractivity contribution in [3.05, 3.63) is 11.6 Å². The molecule has 0 amide bonds. The van der Waals surface area contributed by atoms with E-state index in [1.807, 2.05) is 20.8 Å². The van der Waals surface area contributed by atoms with E-state index in [2.05, 4.69) is 19.9 Å². The summed E-state index contributed by atoms with van der Waals surface area (Å²) in [5, 5.41) is 22.8. The fourth-order valence-electron chi connectivity index (χ4n) is 8.87. The van der Waals surface area contributed by atoms with Gasteiger partial charge in [-0.05, 0) is 92.3 Å². The van der Waals surface area contributed by atoms with Crippen LogP contribution >= 0.6 is 0 Å². The van der Waals surface area contributed by atoms with Crippen molar-refractivity contribution in [1.29, 1.82) is 0 Å². The Labute approximate surface area is 210 Å². The van der Waals surface area contributed by atoms with Gasteiger partial charge in [-0.25, -0.2) is 4.18 Å². The van der Waals surface area contributed by atoms with E-state index in [4.69, 9.17) is 8.74 Å². The van der Waals surface area contributed by atoms with Crippen LogP contribution in [-0.2, 0) is 19.4 Å². The van der Waals surface area contributed by atoms with Crippen LogP contribution < -0.4 is 0 Å². The minimum atomic E-state index is -4.52. The molecule has 0 aromatic heterocycles. The Morgan fingerprint density at radius 2 is 1.89 bits per heavy atom. The van der Waals surface area contributed by atoms with Crippen molar-refractivity contribution in [3.63, 3.8) is 0 Å². The van der Waals surface area contributed by atoms with E-state index in [1.165, 1.54) is 5.57 Å². The van der Waals surface area contributed by atoms with Gasteiger partial charge in [0.15, 0.2) is 0 Å². The number of rotatable bonds is 7. The smallest absolute Gasteiger partial charge is 0.393 e. The third-order valence-corrected chi connectivity index (χ3v) is 10.7. The van der Waals surface area contributed by atoms with Gasteiger partial charge in [0.25, 0.3) is 0 Å². The molecule has 0 heterocycles. The molecule has 3 N–H and O–H groups in total. The SMILES string of the molecule is CC(C)CC(=O)CC(C)(O)[C@H]1CCC2C3C[C@H](O)[C@H]4C[C@@H](OS(=O)(=O)O)CC[C@]4(C)C3=CC[C@@]21C. The summed E-state index contributed by atoms with van der Waals surface area (Å²) in [5.41, 5.74) is -0.0523. The summed E-state index contributed by atoms with van der Waals surface area (Å²) in [6.07, 6.45) is 6.75. The number of ketones is 1. The highest BCUT2D eigenvalue weighted by Crippen LogP contribution is 2.67. The fourth-order valence-corrected chi connectivity index (χ4v) is 9.39. The number of hydrogen-bond acceptors (Lipinski definition) is 6. The molecule has 200 valence electrons. The van der Waals surface area contributed by atoms with Crippen molar-refractivity contribution in [2.45, 2.75) is 110 Å². The van der Waals surface area contributed by atoms with Crippen LogP contribution in [0.2, 0.25) is 0 Å². The highest BCUT2D eigenvalue weighted by molar-refractivity contribution is 7.80. The Bertz CT molecular complexity index is 970. The molecule has 0 saturated heterocycles. The maximum Gasteiger partial charge on any atom is 0.397 e. The van der Waals surface area contributed by atoms with E-state index in [0.717, 1.165) is 19.3 Å². The molecule has 4 aliphatic rings. The van der Waals surface area contributed by atoms with Crippen LogP contribution in [0.3, 0.4) is 0 Å². The van der Waals surface area contributed by atoms with Gasteiger partial charge in [0.1, 0.15) is 5.78 Å². The molecule has 0 spiro atoms. The van der Waals surface area contributed by atoms with Gasteiger partial charge in [-0.1, -0.05) is 39.3 Å². The lowest BCUT2D eigenvalue weighted by atomic mass is 9.47. The molecule has 0 aromatic rings. The highest BCUT2D eigenvalue weighted by Gasteiger charge is 2.61. The molecule has 0 radical (unpaired) electrons. The molecule has 3 unspecified atom stereocenters. The van der Waals surface area contributed by atoms with Gasteiger partial charge < -0.3 is 10.2 Å². The fraction of sp³-hybridized carbons (Fsp3) is 0.889. The third-order valence-electron chi connectivity index (χ3n) is 10.2. The number of fused-ring (bicyclic) bond motifs is 5. The maximum atomic E-state index is 12.6. The summed E-state index contributed by atoms with van der Waals surface area (Å²) >= 11 is 0. The molecule has 4 rings (SSSR count). The Morgan fingerprint density at radius 3 is 2.51 bits per heavy atom. The number of Topliss-reactive ketones (excluding diaryl/α,β-unsaturated/α-hetero) is 1. The first-order valence-electron chi connectivity index (χ1n) is 13.3. The number of carbonyl (C=O) groups is 1. The predicted molar refractivity (Wildman–Crippen MR) is 133 cm³/mol. The maximum absolute atomic E-state index is 12.6. The normalized spacial score (nSPS) is 43.1. The zero-order valence-electron chi connectivity index (χ0n) is 21.9. The number of allylic oxidation sites excluding steroid dienone is 2. The molecule has 0 bridgehead atoms. The number of aliphatic hydroxyl groups is 2. The van der Waals surface area contributed by atoms with E-state index < -0.39 is 28.2 Å². The van der Waals surface area contributed by atoms with Crippen molar-refractivity contribution in [3.8, 4) is 0 Å². The molecule has 7 nitrogen and oxygen atoms in total. The number of aliphatic hydroxyl groups excluding tert-OH is 1. The lowest BCUT2D eigenvalue weighted by Crippen LogP contribution is -2.55. The standard InChI is InChI=1S/C27H44O7S/c1-16(2)12-17(28)15-27(5,30)24-7-6-20-19-14-23(29)22-13-18(34-35(31,32)33)8-10-25(22,3)21(19)9-11-26(20,24)4/h9,16,18-20,22-24,29-30H,6-8,10-15H2,1-5H3,(H,31,32,33)/t18-,19?,20?,22+,23-,24-,25+,26-,27?/m0/s1. The minimum Gasteiger partial charge on any atom is -0.393 e. The Morgan fingerprint density at radius 1 is 1.20 bits per heavy atom. The first-order chi connectivity index (χ1) is 16.1. The predicted octanol–water partition coefficient (Wildman–Crippen LogP) is 4.48. The van der Waals surface area contributed by atoms with E-state index in [-0.39, 0.29) is 46.7 Å². The van der Waals surface area contributed by atoms with Gasteiger partial charge in [-0.15, -0.1) is 0 Å². The molecule has 4 aliphatic carbocycles. The van der Waals surface area contributed by atoms with Crippen molar-refractivity contribution in [1.82, 2.24) is 0 Å². The zero-order valence-corrected chi connectivity index (χ0v) is 22.7. The van der Waals surface area contributed by atoms with Crippen molar-refractivity contribution < 1.29 is 32.2 Å². The summed E-state index contributed by atoms with van der Waals surface area (Å²) in [6, 6.07) is 0. The van der Waals surface area contributed by atoms with Crippen molar-refractivity contribution in [2.24, 2.45) is 40.4 Å². The molecular weight excluding hydrogens is 468 g/mol. The molecular formula is C27H44O7S. The second kappa shape index (κ2) is 9.19. The van der Waals surface area contributed by atoms with Gasteiger partial charge in [0.05, 0.1) is 17.8 Å². The van der Waals surface area contributed by atoms with Crippen LogP contribution in [0.15, 0.2) is 11.6 Å². The van der Waals surface area contributed by atoms with Crippen LogP contribution in [0.25, 0.3) is 0 Å². The summed E-state index contributed by atoms with van der Waals surface area (Å²) in [5.74, 6) is 0.853. The van der Waals surface area contributed by atoms with Gasteiger partial charge in [-0.3, -0.25) is 9.35 Å². The van der Waals surface area contributed by atoms with E-state index in [9.17, 15) is 23.4 Å². The Hall–Kier alpha value is -0.800. The molecule has 9 atom stereocenters. The first kappa shape index (κ1) is 27.2. The van der Waals surface area contributed by atoms with Crippen molar-refractivity contribution >= 4 is 16.2 Å². The Balaban J connectivity index is 1.57. The van der Waals surface area contributed by atoms with Crippen molar-refractivity contribution in [2.75, 3.05) is 0 Å². The number of carbonyl (C=O) groups excluding carboxylic acids is 1. The second-order valence-corrected chi connectivity index (χ2v) is 14.2. The lowest BCUT2D eigenvalue weighted by molar-refractivity contribution is -0.131. The third kappa shape index (κ3) is 5.02. The highest BCUT2D eigenvalue weighted by atomic mass is 32.3. The summed E-state index contributed by atoms with van der Waals surface area (Å²) in [4.78, 5) is 12.6. The van der Waals surface area contributed by atoms with Crippen LogP contribution in [-0.4, -0.2) is 46.8 Å². The number of hydrogen-bond donors (Lipinski definition) is 3. The van der Waals surface area contributed by atoms with E-state index >= 15 is 0 Å². The van der Waals surface area contributed by atoms with Crippen LogP contribution in [0.4, 0.5) is 0 Å². The first-order valence-corrected chi connectivity index (χ1v) is 14.7. The summed E-state index contributed by atoms with van der Waals surface area (Å²) < 4.78 is 36.5. The van der Waals surface area contributed by atoms with Crippen LogP contribution in [0, 0.1) is 40.4 Å². The minimum absolute atomic E-state index is 0.0236. The molecule has 3 fully saturated rings. The zero-order chi connectivity index (χ0) is 26.0. The van der Waals surface area contributed by atoms with E-state index in [0.29, 0.717) is 38.0 Å². The monoisotopic (exact) mass is 512 g/mol. The average molecular weight is 513 g/mol. The second-order valence-electron chi connectivity index (χ2n) is 13.1. The molecule has 3 saturated carbocycles.